The van der Waals surface area contributed by atoms with Crippen molar-refractivity contribution in [1.82, 2.24) is 4.98 Å². The van der Waals surface area contributed by atoms with Crippen LogP contribution in [0.4, 0.5) is 5.69 Å². The zero-order valence-electron chi connectivity index (χ0n) is 15.6. The van der Waals surface area contributed by atoms with Gasteiger partial charge in [-0.3, -0.25) is 9.59 Å². The molecule has 3 N–H and O–H groups in total. The maximum atomic E-state index is 12.3. The molecule has 0 bridgehead atoms. The van der Waals surface area contributed by atoms with Gasteiger partial charge in [0.2, 0.25) is 5.91 Å². The van der Waals surface area contributed by atoms with Crippen LogP contribution in [-0.2, 0) is 11.2 Å². The van der Waals surface area contributed by atoms with Crippen LogP contribution < -0.4 is 5.32 Å². The molecule has 142 valence electrons. The van der Waals surface area contributed by atoms with Gasteiger partial charge in [-0.25, -0.2) is 4.79 Å². The second-order valence-corrected chi connectivity index (χ2v) is 6.51. The third-order valence-electron chi connectivity index (χ3n) is 4.56. The Kier molecular flexibility index (Phi) is 5.40. The maximum Gasteiger partial charge on any atom is 0.352 e. The summed E-state index contributed by atoms with van der Waals surface area (Å²) in [6.45, 7) is 3.35. The molecular formula is C22H20N2O4. The number of fused-ring (bicyclic) bond motifs is 1. The van der Waals surface area contributed by atoms with Crippen molar-refractivity contribution in [1.29, 1.82) is 0 Å². The fourth-order valence-electron chi connectivity index (χ4n) is 3.20. The van der Waals surface area contributed by atoms with E-state index in [1.165, 1.54) is 0 Å². The van der Waals surface area contributed by atoms with Gasteiger partial charge in [-0.2, -0.15) is 0 Å². The predicted molar refractivity (Wildman–Crippen MR) is 106 cm³/mol. The summed E-state index contributed by atoms with van der Waals surface area (Å²) in [4.78, 5) is 36.8. The Labute approximate surface area is 162 Å². The molecule has 0 aliphatic carbocycles. The van der Waals surface area contributed by atoms with Gasteiger partial charge in [-0.1, -0.05) is 48.5 Å². The average molecular weight is 376 g/mol. The number of aromatic amines is 1. The molecule has 2 aromatic carbocycles. The number of hydrogen-bond donors (Lipinski definition) is 3. The average Bonchev–Trinajstić information content (AvgIpc) is 3.20. The number of carboxylic acid groups (broad SMARTS) is 1. The third-order valence-corrected chi connectivity index (χ3v) is 4.56. The Balaban J connectivity index is 0.000000188. The number of aromatic nitrogens is 1. The third kappa shape index (κ3) is 3.86. The van der Waals surface area contributed by atoms with Crippen LogP contribution in [0.1, 0.15) is 43.2 Å². The lowest BCUT2D eigenvalue weighted by molar-refractivity contribution is -0.115. The van der Waals surface area contributed by atoms with Crippen molar-refractivity contribution >= 4 is 23.3 Å². The summed E-state index contributed by atoms with van der Waals surface area (Å²) in [7, 11) is 0. The van der Waals surface area contributed by atoms with Crippen molar-refractivity contribution in [2.45, 2.75) is 20.3 Å². The molecule has 6 nitrogen and oxygen atoms in total. The van der Waals surface area contributed by atoms with Crippen molar-refractivity contribution in [3.8, 4) is 0 Å². The number of H-pyrrole nitrogens is 1. The molecule has 0 unspecified atom stereocenters. The molecule has 0 radical (unpaired) electrons. The molecule has 1 aromatic heterocycles. The maximum absolute atomic E-state index is 12.3. The van der Waals surface area contributed by atoms with E-state index in [4.69, 9.17) is 5.11 Å². The number of amides is 1. The standard InChI is InChI=1S/C14H13NO3.C8H7NO/c1-8-11(9(2)15-12(8)14(17)18)13(16)10-6-4-3-5-7-10;10-8-5-6-3-1-2-4-7(6)9-8/h3-7,15H,1-2H3,(H,17,18);1-4H,5H2,(H,9,10). The minimum absolute atomic E-state index is 0.0757. The number of ketones is 1. The van der Waals surface area contributed by atoms with E-state index in [0.717, 1.165) is 11.3 Å². The number of carbonyl (C=O) groups is 3. The van der Waals surface area contributed by atoms with Crippen LogP contribution in [0.3, 0.4) is 0 Å². The summed E-state index contributed by atoms with van der Waals surface area (Å²) < 4.78 is 0. The summed E-state index contributed by atoms with van der Waals surface area (Å²) in [6.07, 6.45) is 0.538. The number of carboxylic acids is 1. The SMILES string of the molecule is Cc1[nH]c(C(=O)O)c(C)c1C(=O)c1ccccc1.O=C1Cc2ccccc2N1. The van der Waals surface area contributed by atoms with E-state index in [1.54, 1.807) is 38.1 Å². The van der Waals surface area contributed by atoms with E-state index in [2.05, 4.69) is 10.3 Å². The Bertz CT molecular complexity index is 1020. The van der Waals surface area contributed by atoms with Crippen LogP contribution in [0.5, 0.6) is 0 Å². The lowest BCUT2D eigenvalue weighted by Gasteiger charge is -2.01. The van der Waals surface area contributed by atoms with Gasteiger partial charge < -0.3 is 15.4 Å². The smallest absolute Gasteiger partial charge is 0.352 e. The van der Waals surface area contributed by atoms with E-state index in [-0.39, 0.29) is 17.4 Å². The molecule has 1 aliphatic heterocycles. The zero-order chi connectivity index (χ0) is 20.3. The first-order valence-electron chi connectivity index (χ1n) is 8.78. The van der Waals surface area contributed by atoms with Crippen molar-refractivity contribution in [2.75, 3.05) is 5.32 Å². The van der Waals surface area contributed by atoms with Crippen molar-refractivity contribution in [2.24, 2.45) is 0 Å². The van der Waals surface area contributed by atoms with Gasteiger partial charge in [0.05, 0.1) is 6.42 Å². The van der Waals surface area contributed by atoms with Gasteiger partial charge in [-0.15, -0.1) is 0 Å². The Morgan fingerprint density at radius 1 is 0.964 bits per heavy atom. The van der Waals surface area contributed by atoms with Crippen LogP contribution in [0, 0.1) is 13.8 Å². The van der Waals surface area contributed by atoms with Gasteiger partial charge >= 0.3 is 5.97 Å². The molecule has 0 atom stereocenters. The lowest BCUT2D eigenvalue weighted by Crippen LogP contribution is -2.04. The first-order valence-corrected chi connectivity index (χ1v) is 8.78. The summed E-state index contributed by atoms with van der Waals surface area (Å²) in [6, 6.07) is 16.6. The fraction of sp³-hybridized carbons (Fsp3) is 0.136. The normalized spacial score (nSPS) is 11.9. The lowest BCUT2D eigenvalue weighted by atomic mass is 10.00. The molecule has 6 heteroatoms. The molecule has 0 fully saturated rings. The van der Waals surface area contributed by atoms with E-state index in [0.29, 0.717) is 28.8 Å². The highest BCUT2D eigenvalue weighted by molar-refractivity contribution is 6.12. The fourth-order valence-corrected chi connectivity index (χ4v) is 3.20. The van der Waals surface area contributed by atoms with Crippen LogP contribution >= 0.6 is 0 Å². The first-order chi connectivity index (χ1) is 13.4. The Morgan fingerprint density at radius 3 is 2.21 bits per heavy atom. The molecule has 0 saturated carbocycles. The highest BCUT2D eigenvalue weighted by atomic mass is 16.4. The summed E-state index contributed by atoms with van der Waals surface area (Å²) >= 11 is 0. The number of benzene rings is 2. The molecule has 1 aliphatic rings. The highest BCUT2D eigenvalue weighted by Crippen LogP contribution is 2.22. The zero-order valence-corrected chi connectivity index (χ0v) is 15.6. The number of aromatic carboxylic acids is 1. The van der Waals surface area contributed by atoms with Crippen molar-refractivity contribution in [3.05, 3.63) is 88.2 Å². The first kappa shape index (κ1) is 19.1. The number of anilines is 1. The molecule has 0 spiro atoms. The van der Waals surface area contributed by atoms with Crippen LogP contribution in [0.15, 0.2) is 54.6 Å². The summed E-state index contributed by atoms with van der Waals surface area (Å²) in [5.74, 6) is -1.11. The molecule has 28 heavy (non-hydrogen) atoms. The van der Waals surface area contributed by atoms with Crippen LogP contribution in [0.2, 0.25) is 0 Å². The summed E-state index contributed by atoms with van der Waals surface area (Å²) in [5.41, 5.74) is 4.21. The van der Waals surface area contributed by atoms with Gasteiger partial charge in [0, 0.05) is 22.5 Å². The van der Waals surface area contributed by atoms with Crippen LogP contribution in [0.25, 0.3) is 0 Å². The monoisotopic (exact) mass is 376 g/mol. The van der Waals surface area contributed by atoms with Gasteiger partial charge in [-0.05, 0) is 31.0 Å². The highest BCUT2D eigenvalue weighted by Gasteiger charge is 2.22. The second-order valence-electron chi connectivity index (χ2n) is 6.51. The molecule has 1 amide bonds. The minimum Gasteiger partial charge on any atom is -0.477 e. The number of nitrogens with one attached hydrogen (secondary N) is 2. The number of para-hydroxylation sites is 1. The van der Waals surface area contributed by atoms with E-state index in [1.807, 2.05) is 30.3 Å². The predicted octanol–water partition coefficient (Wildman–Crippen LogP) is 3.74. The van der Waals surface area contributed by atoms with Crippen molar-refractivity contribution in [3.63, 3.8) is 0 Å². The van der Waals surface area contributed by atoms with Gasteiger partial charge in [0.1, 0.15) is 5.69 Å². The van der Waals surface area contributed by atoms with E-state index < -0.39 is 5.97 Å². The van der Waals surface area contributed by atoms with Crippen molar-refractivity contribution < 1.29 is 19.5 Å². The number of hydrogen-bond acceptors (Lipinski definition) is 3. The Morgan fingerprint density at radius 2 is 1.61 bits per heavy atom. The molecular weight excluding hydrogens is 356 g/mol. The Hall–Kier alpha value is -3.67. The quantitative estimate of drug-likeness (QED) is 0.606. The number of aryl methyl sites for hydroxylation is 1. The second kappa shape index (κ2) is 7.92. The largest absolute Gasteiger partial charge is 0.477 e. The van der Waals surface area contributed by atoms with Gasteiger partial charge in [0.15, 0.2) is 5.78 Å². The minimum atomic E-state index is -1.05. The summed E-state index contributed by atoms with van der Waals surface area (Å²) in [5, 5.41) is 11.8. The molecule has 3 aromatic rings. The van der Waals surface area contributed by atoms with E-state index >= 15 is 0 Å². The molecule has 0 saturated heterocycles. The number of rotatable bonds is 3. The molecule has 4 rings (SSSR count). The number of carbonyl (C=O) groups excluding carboxylic acids is 2. The topological polar surface area (TPSA) is 99.3 Å². The van der Waals surface area contributed by atoms with E-state index in [9.17, 15) is 14.4 Å². The molecule has 2 heterocycles. The van der Waals surface area contributed by atoms with Crippen LogP contribution in [-0.4, -0.2) is 27.8 Å². The van der Waals surface area contributed by atoms with Gasteiger partial charge in [0.25, 0.3) is 0 Å².